The van der Waals surface area contributed by atoms with E-state index < -0.39 is 0 Å². The number of nitriles is 1. The molecular formula is C13H17N3. The molecule has 0 atom stereocenters. The SMILES string of the molecule is Cc1cc(C#N)cc(N2CCC(C)CC2)n1. The van der Waals surface area contributed by atoms with Crippen molar-refractivity contribution in [2.45, 2.75) is 26.7 Å². The summed E-state index contributed by atoms with van der Waals surface area (Å²) in [4.78, 5) is 6.79. The molecule has 0 aromatic carbocycles. The topological polar surface area (TPSA) is 39.9 Å². The van der Waals surface area contributed by atoms with E-state index in [2.05, 4.69) is 22.9 Å². The molecule has 0 bridgehead atoms. The van der Waals surface area contributed by atoms with Crippen molar-refractivity contribution in [2.24, 2.45) is 5.92 Å². The molecule has 1 aromatic heterocycles. The number of hydrogen-bond acceptors (Lipinski definition) is 3. The van der Waals surface area contributed by atoms with Crippen molar-refractivity contribution in [2.75, 3.05) is 18.0 Å². The monoisotopic (exact) mass is 215 g/mol. The summed E-state index contributed by atoms with van der Waals surface area (Å²) in [5.74, 6) is 1.78. The van der Waals surface area contributed by atoms with E-state index in [1.807, 2.05) is 19.1 Å². The van der Waals surface area contributed by atoms with Gasteiger partial charge in [0.2, 0.25) is 0 Å². The average Bonchev–Trinajstić information content (AvgIpc) is 2.29. The largest absolute Gasteiger partial charge is 0.357 e. The lowest BCUT2D eigenvalue weighted by Crippen LogP contribution is -2.33. The van der Waals surface area contributed by atoms with E-state index >= 15 is 0 Å². The minimum absolute atomic E-state index is 0.709. The van der Waals surface area contributed by atoms with Gasteiger partial charge < -0.3 is 4.90 Å². The van der Waals surface area contributed by atoms with Crippen LogP contribution in [0.3, 0.4) is 0 Å². The molecule has 0 spiro atoms. The highest BCUT2D eigenvalue weighted by Crippen LogP contribution is 2.22. The molecule has 0 aliphatic carbocycles. The molecule has 0 saturated carbocycles. The first-order chi connectivity index (χ1) is 7.69. The summed E-state index contributed by atoms with van der Waals surface area (Å²) in [6.07, 6.45) is 2.44. The molecule has 1 aliphatic rings. The lowest BCUT2D eigenvalue weighted by molar-refractivity contribution is 0.436. The maximum absolute atomic E-state index is 8.93. The van der Waals surface area contributed by atoms with Crippen LogP contribution in [0.2, 0.25) is 0 Å². The third kappa shape index (κ3) is 2.33. The van der Waals surface area contributed by atoms with Gasteiger partial charge in [0.25, 0.3) is 0 Å². The number of anilines is 1. The van der Waals surface area contributed by atoms with Gasteiger partial charge in [-0.3, -0.25) is 0 Å². The van der Waals surface area contributed by atoms with Crippen molar-refractivity contribution < 1.29 is 0 Å². The van der Waals surface area contributed by atoms with E-state index in [4.69, 9.17) is 5.26 Å². The molecule has 1 fully saturated rings. The highest BCUT2D eigenvalue weighted by Gasteiger charge is 2.17. The van der Waals surface area contributed by atoms with Gasteiger partial charge in [-0.25, -0.2) is 4.98 Å². The summed E-state index contributed by atoms with van der Waals surface area (Å²) < 4.78 is 0. The van der Waals surface area contributed by atoms with Crippen LogP contribution in [0.1, 0.15) is 31.0 Å². The van der Waals surface area contributed by atoms with Crippen molar-refractivity contribution in [3.63, 3.8) is 0 Å². The first-order valence-electron chi connectivity index (χ1n) is 5.83. The van der Waals surface area contributed by atoms with E-state index in [1.54, 1.807) is 0 Å². The van der Waals surface area contributed by atoms with Crippen LogP contribution in [0.25, 0.3) is 0 Å². The third-order valence-electron chi connectivity index (χ3n) is 3.18. The Morgan fingerprint density at radius 2 is 2.06 bits per heavy atom. The van der Waals surface area contributed by atoms with Crippen LogP contribution < -0.4 is 4.90 Å². The Kier molecular flexibility index (Phi) is 3.09. The van der Waals surface area contributed by atoms with Crippen LogP contribution in [0, 0.1) is 24.2 Å². The minimum atomic E-state index is 0.709. The van der Waals surface area contributed by atoms with Crippen LogP contribution in [0.4, 0.5) is 5.82 Å². The molecule has 1 saturated heterocycles. The number of piperidine rings is 1. The molecule has 1 aromatic rings. The molecule has 3 nitrogen and oxygen atoms in total. The van der Waals surface area contributed by atoms with Crippen molar-refractivity contribution in [1.82, 2.24) is 4.98 Å². The zero-order chi connectivity index (χ0) is 11.5. The zero-order valence-corrected chi connectivity index (χ0v) is 9.90. The van der Waals surface area contributed by atoms with E-state index in [1.165, 1.54) is 12.8 Å². The third-order valence-corrected chi connectivity index (χ3v) is 3.18. The molecule has 16 heavy (non-hydrogen) atoms. The summed E-state index contributed by atoms with van der Waals surface area (Å²) in [6, 6.07) is 5.91. The van der Waals surface area contributed by atoms with E-state index in [0.29, 0.717) is 5.56 Å². The van der Waals surface area contributed by atoms with Gasteiger partial charge in [-0.2, -0.15) is 5.26 Å². The molecule has 2 rings (SSSR count). The van der Waals surface area contributed by atoms with Crippen LogP contribution in [0.5, 0.6) is 0 Å². The number of hydrogen-bond donors (Lipinski definition) is 0. The summed E-state index contributed by atoms with van der Waals surface area (Å²) >= 11 is 0. The predicted molar refractivity (Wildman–Crippen MR) is 64.3 cm³/mol. The predicted octanol–water partition coefficient (Wildman–Crippen LogP) is 2.50. The molecule has 0 unspecified atom stereocenters. The molecule has 0 N–H and O–H groups in total. The lowest BCUT2D eigenvalue weighted by atomic mass is 9.99. The maximum Gasteiger partial charge on any atom is 0.130 e. The average molecular weight is 215 g/mol. The van der Waals surface area contributed by atoms with Crippen LogP contribution in [-0.2, 0) is 0 Å². The van der Waals surface area contributed by atoms with Gasteiger partial charge in [-0.15, -0.1) is 0 Å². The Labute approximate surface area is 96.7 Å². The minimum Gasteiger partial charge on any atom is -0.357 e. The summed E-state index contributed by atoms with van der Waals surface area (Å²) in [6.45, 7) is 6.35. The quantitative estimate of drug-likeness (QED) is 0.722. The molecule has 0 radical (unpaired) electrons. The molecule has 1 aliphatic heterocycles. The second-order valence-electron chi connectivity index (χ2n) is 4.64. The van der Waals surface area contributed by atoms with E-state index in [0.717, 1.165) is 30.5 Å². The van der Waals surface area contributed by atoms with E-state index in [9.17, 15) is 0 Å². The first kappa shape index (κ1) is 10.9. The Balaban J connectivity index is 2.20. The number of aryl methyl sites for hydroxylation is 1. The van der Waals surface area contributed by atoms with Gasteiger partial charge in [0.15, 0.2) is 0 Å². The summed E-state index contributed by atoms with van der Waals surface area (Å²) in [5, 5.41) is 8.93. The first-order valence-corrected chi connectivity index (χ1v) is 5.83. The molecule has 0 amide bonds. The van der Waals surface area contributed by atoms with Crippen molar-refractivity contribution in [3.05, 3.63) is 23.4 Å². The van der Waals surface area contributed by atoms with Gasteiger partial charge in [0.05, 0.1) is 11.6 Å². The molecule has 2 heterocycles. The van der Waals surface area contributed by atoms with Gasteiger partial charge in [0.1, 0.15) is 5.82 Å². The molecule has 3 heteroatoms. The fourth-order valence-electron chi connectivity index (χ4n) is 2.12. The van der Waals surface area contributed by atoms with Crippen molar-refractivity contribution >= 4 is 5.82 Å². The summed E-state index contributed by atoms with van der Waals surface area (Å²) in [5.41, 5.74) is 1.63. The van der Waals surface area contributed by atoms with E-state index in [-0.39, 0.29) is 0 Å². The van der Waals surface area contributed by atoms with Gasteiger partial charge >= 0.3 is 0 Å². The van der Waals surface area contributed by atoms with Gasteiger partial charge in [-0.05, 0) is 37.8 Å². The Morgan fingerprint density at radius 3 is 2.69 bits per heavy atom. The van der Waals surface area contributed by atoms with Gasteiger partial charge in [0, 0.05) is 18.8 Å². The molecular weight excluding hydrogens is 198 g/mol. The fourth-order valence-corrected chi connectivity index (χ4v) is 2.12. The van der Waals surface area contributed by atoms with Crippen LogP contribution in [0.15, 0.2) is 12.1 Å². The summed E-state index contributed by atoms with van der Waals surface area (Å²) in [7, 11) is 0. The van der Waals surface area contributed by atoms with Crippen molar-refractivity contribution in [3.8, 4) is 6.07 Å². The number of rotatable bonds is 1. The molecule has 84 valence electrons. The highest BCUT2D eigenvalue weighted by molar-refractivity contribution is 5.46. The Hall–Kier alpha value is -1.56. The number of aromatic nitrogens is 1. The van der Waals surface area contributed by atoms with Crippen LogP contribution >= 0.6 is 0 Å². The lowest BCUT2D eigenvalue weighted by Gasteiger charge is -2.31. The standard InChI is InChI=1S/C13H17N3/c1-10-3-5-16(6-4-10)13-8-12(9-14)7-11(2)15-13/h7-8,10H,3-6H2,1-2H3. The van der Waals surface area contributed by atoms with Crippen molar-refractivity contribution in [1.29, 1.82) is 5.26 Å². The van der Waals surface area contributed by atoms with Crippen LogP contribution in [-0.4, -0.2) is 18.1 Å². The second kappa shape index (κ2) is 4.52. The highest BCUT2D eigenvalue weighted by atomic mass is 15.2. The fraction of sp³-hybridized carbons (Fsp3) is 0.538. The number of nitrogens with zero attached hydrogens (tertiary/aromatic N) is 3. The smallest absolute Gasteiger partial charge is 0.130 e. The second-order valence-corrected chi connectivity index (χ2v) is 4.64. The maximum atomic E-state index is 8.93. The normalized spacial score (nSPS) is 17.2. The zero-order valence-electron chi connectivity index (χ0n) is 9.90. The van der Waals surface area contributed by atoms with Gasteiger partial charge in [-0.1, -0.05) is 6.92 Å². The Morgan fingerprint density at radius 1 is 1.38 bits per heavy atom. The number of pyridine rings is 1. The Bertz CT molecular complexity index is 412.